The van der Waals surface area contributed by atoms with Gasteiger partial charge >= 0.3 is 0 Å². The molecule has 2 nitrogen and oxygen atoms in total. The van der Waals surface area contributed by atoms with Crippen LogP contribution in [0.1, 0.15) is 17.8 Å². The first-order valence-corrected chi connectivity index (χ1v) is 5.43. The predicted molar refractivity (Wildman–Crippen MR) is 55.4 cm³/mol. The van der Waals surface area contributed by atoms with Crippen LogP contribution in [-0.4, -0.2) is 13.2 Å². The molecule has 1 rings (SSSR count). The second kappa shape index (κ2) is 4.97. The van der Waals surface area contributed by atoms with E-state index in [0.29, 0.717) is 6.61 Å². The van der Waals surface area contributed by atoms with Crippen LogP contribution in [0.25, 0.3) is 0 Å². The molecule has 1 aromatic rings. The molecule has 0 saturated heterocycles. The highest BCUT2D eigenvalue weighted by Crippen LogP contribution is 2.26. The number of halogens is 1. The minimum Gasteiger partial charge on any atom is -0.380 e. The Kier molecular flexibility index (Phi) is 4.21. The number of hydrogen-bond donors (Lipinski definition) is 1. The molecule has 0 bridgehead atoms. The smallest absolute Gasteiger partial charge is 0.0702 e. The molecule has 1 atom stereocenters. The van der Waals surface area contributed by atoms with E-state index in [0.717, 1.165) is 15.3 Å². The van der Waals surface area contributed by atoms with Crippen LogP contribution in [0.4, 0.5) is 0 Å². The monoisotopic (exact) mass is 249 g/mol. The first-order valence-electron chi connectivity index (χ1n) is 3.82. The van der Waals surface area contributed by atoms with Crippen molar-refractivity contribution in [3.63, 3.8) is 0 Å². The Morgan fingerprint density at radius 1 is 1.67 bits per heavy atom. The summed E-state index contributed by atoms with van der Waals surface area (Å²) in [6, 6.07) is 4.05. The molecule has 1 unspecified atom stereocenters. The number of hydrogen-bond acceptors (Lipinski definition) is 3. The lowest BCUT2D eigenvalue weighted by Gasteiger charge is -2.08. The molecule has 1 heterocycles. The fourth-order valence-electron chi connectivity index (χ4n) is 0.855. The molecular weight excluding hydrogens is 238 g/mol. The lowest BCUT2D eigenvalue weighted by Crippen LogP contribution is -2.15. The molecular formula is C8H12BrNOS. The predicted octanol–water partition coefficient (Wildman–Crippen LogP) is 2.55. The summed E-state index contributed by atoms with van der Waals surface area (Å²) in [6.07, 6.45) is 0. The Morgan fingerprint density at radius 3 is 2.92 bits per heavy atom. The highest BCUT2D eigenvalue weighted by molar-refractivity contribution is 9.11. The largest absolute Gasteiger partial charge is 0.380 e. The molecule has 2 N–H and O–H groups in total. The molecule has 1 aromatic heterocycles. The summed E-state index contributed by atoms with van der Waals surface area (Å²) in [7, 11) is 0. The zero-order valence-corrected chi connectivity index (χ0v) is 9.32. The van der Waals surface area contributed by atoms with Crippen molar-refractivity contribution < 1.29 is 4.74 Å². The third-order valence-electron chi connectivity index (χ3n) is 1.46. The molecule has 0 fully saturated rings. The van der Waals surface area contributed by atoms with Gasteiger partial charge in [-0.2, -0.15) is 0 Å². The zero-order chi connectivity index (χ0) is 8.97. The standard InChI is InChI=1S/C8H12BrNOS/c1-2-11-5-6(10)7-3-4-8(9)12-7/h3-4,6H,2,5,10H2,1H3. The quantitative estimate of drug-likeness (QED) is 0.891. The third-order valence-corrected chi connectivity index (χ3v) is 3.22. The Hall–Kier alpha value is 0.1000. The highest BCUT2D eigenvalue weighted by atomic mass is 79.9. The molecule has 0 aromatic carbocycles. The van der Waals surface area contributed by atoms with Crippen LogP contribution in [0.15, 0.2) is 15.9 Å². The summed E-state index contributed by atoms with van der Waals surface area (Å²) in [4.78, 5) is 1.16. The van der Waals surface area contributed by atoms with E-state index in [2.05, 4.69) is 15.9 Å². The third kappa shape index (κ3) is 2.86. The molecule has 0 aliphatic carbocycles. The Balaban J connectivity index is 2.47. The normalized spacial score (nSPS) is 13.2. The van der Waals surface area contributed by atoms with Crippen molar-refractivity contribution in [1.82, 2.24) is 0 Å². The van der Waals surface area contributed by atoms with Gasteiger partial charge in [-0.25, -0.2) is 0 Å². The van der Waals surface area contributed by atoms with Gasteiger partial charge in [-0.1, -0.05) is 0 Å². The van der Waals surface area contributed by atoms with Crippen molar-refractivity contribution >= 4 is 27.3 Å². The zero-order valence-electron chi connectivity index (χ0n) is 6.92. The van der Waals surface area contributed by atoms with E-state index in [1.54, 1.807) is 11.3 Å². The van der Waals surface area contributed by atoms with E-state index in [-0.39, 0.29) is 6.04 Å². The van der Waals surface area contributed by atoms with Gasteiger partial charge in [0.1, 0.15) is 0 Å². The molecule has 68 valence electrons. The van der Waals surface area contributed by atoms with Crippen LogP contribution in [0, 0.1) is 0 Å². The maximum atomic E-state index is 5.86. The molecule has 0 radical (unpaired) electrons. The summed E-state index contributed by atoms with van der Waals surface area (Å²) in [5.41, 5.74) is 5.86. The van der Waals surface area contributed by atoms with E-state index < -0.39 is 0 Å². The van der Waals surface area contributed by atoms with Crippen molar-refractivity contribution in [2.24, 2.45) is 5.73 Å². The van der Waals surface area contributed by atoms with Crippen molar-refractivity contribution in [2.75, 3.05) is 13.2 Å². The van der Waals surface area contributed by atoms with Crippen LogP contribution < -0.4 is 5.73 Å². The summed E-state index contributed by atoms with van der Waals surface area (Å²) in [6.45, 7) is 3.29. The van der Waals surface area contributed by atoms with Gasteiger partial charge in [0.05, 0.1) is 16.4 Å². The van der Waals surface area contributed by atoms with Gasteiger partial charge in [0, 0.05) is 11.5 Å². The fraction of sp³-hybridized carbons (Fsp3) is 0.500. The molecule has 4 heteroatoms. The molecule has 0 aliphatic rings. The summed E-state index contributed by atoms with van der Waals surface area (Å²) in [5.74, 6) is 0. The second-order valence-electron chi connectivity index (χ2n) is 2.41. The van der Waals surface area contributed by atoms with Gasteiger partial charge in [-0.15, -0.1) is 11.3 Å². The van der Waals surface area contributed by atoms with E-state index in [1.807, 2.05) is 19.1 Å². The van der Waals surface area contributed by atoms with Gasteiger partial charge in [-0.3, -0.25) is 0 Å². The number of thiophene rings is 1. The molecule has 12 heavy (non-hydrogen) atoms. The average molecular weight is 250 g/mol. The summed E-state index contributed by atoms with van der Waals surface area (Å²) >= 11 is 5.05. The first kappa shape index (κ1) is 10.2. The summed E-state index contributed by atoms with van der Waals surface area (Å²) < 4.78 is 6.34. The Bertz CT molecular complexity index is 239. The topological polar surface area (TPSA) is 35.2 Å². The van der Waals surface area contributed by atoms with Crippen LogP contribution in [-0.2, 0) is 4.74 Å². The van der Waals surface area contributed by atoms with Crippen LogP contribution >= 0.6 is 27.3 Å². The van der Waals surface area contributed by atoms with Crippen molar-refractivity contribution in [1.29, 1.82) is 0 Å². The van der Waals surface area contributed by atoms with Crippen molar-refractivity contribution in [2.45, 2.75) is 13.0 Å². The first-order chi connectivity index (χ1) is 5.74. The molecule has 0 aliphatic heterocycles. The highest BCUT2D eigenvalue weighted by Gasteiger charge is 2.07. The number of ether oxygens (including phenoxy) is 1. The second-order valence-corrected chi connectivity index (χ2v) is 4.90. The molecule has 0 saturated carbocycles. The van der Waals surface area contributed by atoms with E-state index in [4.69, 9.17) is 10.5 Å². The van der Waals surface area contributed by atoms with Gasteiger partial charge in [-0.05, 0) is 35.0 Å². The minimum atomic E-state index is 0.0150. The van der Waals surface area contributed by atoms with E-state index in [1.165, 1.54) is 0 Å². The van der Waals surface area contributed by atoms with E-state index in [9.17, 15) is 0 Å². The average Bonchev–Trinajstić information content (AvgIpc) is 2.47. The maximum Gasteiger partial charge on any atom is 0.0702 e. The van der Waals surface area contributed by atoms with Crippen LogP contribution in [0.2, 0.25) is 0 Å². The Labute approximate surface area is 84.9 Å². The lowest BCUT2D eigenvalue weighted by molar-refractivity contribution is 0.134. The minimum absolute atomic E-state index is 0.0150. The van der Waals surface area contributed by atoms with Gasteiger partial charge < -0.3 is 10.5 Å². The Morgan fingerprint density at radius 2 is 2.42 bits per heavy atom. The fourth-order valence-corrected chi connectivity index (χ4v) is 2.26. The molecule has 0 spiro atoms. The van der Waals surface area contributed by atoms with E-state index >= 15 is 0 Å². The van der Waals surface area contributed by atoms with Gasteiger partial charge in [0.15, 0.2) is 0 Å². The number of nitrogens with two attached hydrogens (primary N) is 1. The van der Waals surface area contributed by atoms with Crippen molar-refractivity contribution in [3.05, 3.63) is 20.8 Å². The number of rotatable bonds is 4. The summed E-state index contributed by atoms with van der Waals surface area (Å²) in [5, 5.41) is 0. The van der Waals surface area contributed by atoms with Crippen molar-refractivity contribution in [3.8, 4) is 0 Å². The maximum absolute atomic E-state index is 5.86. The van der Waals surface area contributed by atoms with Gasteiger partial charge in [0.2, 0.25) is 0 Å². The molecule has 0 amide bonds. The van der Waals surface area contributed by atoms with Crippen LogP contribution in [0.5, 0.6) is 0 Å². The SMILES string of the molecule is CCOCC(N)c1ccc(Br)s1. The lowest BCUT2D eigenvalue weighted by atomic mass is 10.3. The van der Waals surface area contributed by atoms with Gasteiger partial charge in [0.25, 0.3) is 0 Å². The van der Waals surface area contributed by atoms with Crippen LogP contribution in [0.3, 0.4) is 0 Å².